The Bertz CT molecular complexity index is 2740. The number of furan rings is 1. The van der Waals surface area contributed by atoms with E-state index in [9.17, 15) is 0 Å². The molecule has 0 spiro atoms. The topological polar surface area (TPSA) is 16.4 Å². The lowest BCUT2D eigenvalue weighted by atomic mass is 9.67. The minimum absolute atomic E-state index is 0.130. The first-order chi connectivity index (χ1) is 27.3. The molecule has 0 saturated carbocycles. The van der Waals surface area contributed by atoms with Gasteiger partial charge >= 0.3 is 0 Å². The molecule has 6 aromatic carbocycles. The summed E-state index contributed by atoms with van der Waals surface area (Å²) in [6.07, 6.45) is 25.0. The summed E-state index contributed by atoms with van der Waals surface area (Å²) < 4.78 is 7.07. The summed E-state index contributed by atoms with van der Waals surface area (Å²) in [5.74, 6) is 0.130. The highest BCUT2D eigenvalue weighted by molar-refractivity contribution is 6.14. The van der Waals surface area contributed by atoms with Crippen LogP contribution >= 0.6 is 0 Å². The lowest BCUT2D eigenvalue weighted by Gasteiger charge is -2.36. The van der Waals surface area contributed by atoms with Crippen LogP contribution in [0, 0.1) is 0 Å². The molecule has 4 aliphatic carbocycles. The van der Waals surface area contributed by atoms with Crippen molar-refractivity contribution in [1.29, 1.82) is 0 Å². The predicted octanol–water partition coefficient (Wildman–Crippen LogP) is 13.2. The molecule has 0 amide bonds. The fourth-order valence-electron chi connectivity index (χ4n) is 10.0. The molecule has 0 radical (unpaired) electrons. The molecule has 0 aliphatic heterocycles. The number of fused-ring (bicyclic) bond motifs is 8. The quantitative estimate of drug-likeness (QED) is 0.171. The minimum atomic E-state index is -0.519. The molecule has 55 heavy (non-hydrogen) atoms. The number of hydrogen-bond donors (Lipinski definition) is 0. The zero-order valence-electron chi connectivity index (χ0n) is 30.7. The molecule has 0 N–H and O–H groups in total. The number of aryl methyl sites for hydroxylation is 1. The highest BCUT2D eigenvalue weighted by Gasteiger charge is 2.48. The molecule has 1 aromatic heterocycles. The molecule has 0 bridgehead atoms. The molecule has 4 aliphatic rings. The number of benzene rings is 6. The first-order valence-corrected chi connectivity index (χ1v) is 19.8. The van der Waals surface area contributed by atoms with Crippen LogP contribution in [0.4, 0.5) is 5.69 Å². The number of allylic oxidation sites excluding steroid dienone is 6. The van der Waals surface area contributed by atoms with Gasteiger partial charge in [0.2, 0.25) is 0 Å². The number of para-hydroxylation sites is 1. The van der Waals surface area contributed by atoms with Crippen LogP contribution in [0.25, 0.3) is 39.1 Å². The molecule has 2 atom stereocenters. The number of hydrogen-bond acceptors (Lipinski definition) is 2. The van der Waals surface area contributed by atoms with Crippen LogP contribution in [0.5, 0.6) is 0 Å². The van der Waals surface area contributed by atoms with Crippen molar-refractivity contribution in [2.75, 3.05) is 4.90 Å². The van der Waals surface area contributed by atoms with Crippen molar-refractivity contribution in [2.24, 2.45) is 0 Å². The van der Waals surface area contributed by atoms with E-state index in [0.29, 0.717) is 0 Å². The molecular formula is C53H41NO. The van der Waals surface area contributed by atoms with Crippen molar-refractivity contribution in [3.05, 3.63) is 227 Å². The average Bonchev–Trinajstić information content (AvgIpc) is 3.79. The van der Waals surface area contributed by atoms with E-state index in [1.54, 1.807) is 0 Å². The first-order valence-electron chi connectivity index (χ1n) is 19.8. The van der Waals surface area contributed by atoms with Gasteiger partial charge in [-0.15, -0.1) is 0 Å². The van der Waals surface area contributed by atoms with Gasteiger partial charge in [0.1, 0.15) is 11.2 Å². The maximum Gasteiger partial charge on any atom is 0.143 e. The SMILES string of the molecule is C1=CC[C@@H](N(C2=CC(c3cc4c(c5oc6ccccc6c35)-c3ccccc3C4(c3ccccc3)c3ccccc3)CC=C2)c2ccc3c(c2)C=CCC3)C=C1. The van der Waals surface area contributed by atoms with Gasteiger partial charge in [0.15, 0.2) is 0 Å². The van der Waals surface area contributed by atoms with E-state index in [0.717, 1.165) is 36.8 Å². The molecule has 0 fully saturated rings. The van der Waals surface area contributed by atoms with Crippen molar-refractivity contribution in [3.8, 4) is 11.1 Å². The summed E-state index contributed by atoms with van der Waals surface area (Å²) >= 11 is 0. The van der Waals surface area contributed by atoms with Crippen LogP contribution < -0.4 is 4.90 Å². The van der Waals surface area contributed by atoms with E-state index in [1.165, 1.54) is 72.2 Å². The molecule has 7 aromatic rings. The van der Waals surface area contributed by atoms with Crippen LogP contribution in [0.15, 0.2) is 192 Å². The summed E-state index contributed by atoms with van der Waals surface area (Å²) in [7, 11) is 0. The average molecular weight is 708 g/mol. The Hall–Kier alpha value is -6.38. The van der Waals surface area contributed by atoms with Crippen LogP contribution in [0.1, 0.15) is 64.1 Å². The second-order valence-electron chi connectivity index (χ2n) is 15.4. The van der Waals surface area contributed by atoms with E-state index in [4.69, 9.17) is 4.42 Å². The molecule has 1 unspecified atom stereocenters. The Labute approximate surface area is 322 Å². The van der Waals surface area contributed by atoms with Crippen molar-refractivity contribution in [1.82, 2.24) is 0 Å². The Morgan fingerprint density at radius 1 is 0.655 bits per heavy atom. The fourth-order valence-corrected chi connectivity index (χ4v) is 10.0. The predicted molar refractivity (Wildman–Crippen MR) is 229 cm³/mol. The second kappa shape index (κ2) is 12.9. The molecule has 0 saturated heterocycles. The van der Waals surface area contributed by atoms with Gasteiger partial charge < -0.3 is 9.32 Å². The van der Waals surface area contributed by atoms with E-state index < -0.39 is 5.41 Å². The Morgan fingerprint density at radius 2 is 1.44 bits per heavy atom. The van der Waals surface area contributed by atoms with Gasteiger partial charge in [-0.25, -0.2) is 0 Å². The molecule has 11 rings (SSSR count). The van der Waals surface area contributed by atoms with Gasteiger partial charge in [-0.05, 0) is 94.5 Å². The van der Waals surface area contributed by atoms with E-state index in [2.05, 4.69) is 193 Å². The van der Waals surface area contributed by atoms with Crippen LogP contribution in [-0.2, 0) is 11.8 Å². The lowest BCUT2D eigenvalue weighted by Crippen LogP contribution is -2.34. The summed E-state index contributed by atoms with van der Waals surface area (Å²) in [5, 5.41) is 2.40. The van der Waals surface area contributed by atoms with Gasteiger partial charge in [-0.2, -0.15) is 0 Å². The van der Waals surface area contributed by atoms with Crippen molar-refractivity contribution in [3.63, 3.8) is 0 Å². The third kappa shape index (κ3) is 4.94. The maximum absolute atomic E-state index is 7.07. The summed E-state index contributed by atoms with van der Waals surface area (Å²) in [6, 6.07) is 49.7. The zero-order chi connectivity index (χ0) is 36.3. The highest BCUT2D eigenvalue weighted by atomic mass is 16.3. The molecule has 1 heterocycles. The minimum Gasteiger partial charge on any atom is -0.455 e. The molecule has 2 heteroatoms. The molecule has 2 nitrogen and oxygen atoms in total. The normalized spacial score (nSPS) is 18.9. The second-order valence-corrected chi connectivity index (χ2v) is 15.4. The largest absolute Gasteiger partial charge is 0.455 e. The van der Waals surface area contributed by atoms with Crippen molar-refractivity contribution < 1.29 is 4.42 Å². The third-order valence-corrected chi connectivity index (χ3v) is 12.4. The van der Waals surface area contributed by atoms with E-state index in [-0.39, 0.29) is 12.0 Å². The number of rotatable bonds is 6. The molecule has 264 valence electrons. The Morgan fingerprint density at radius 3 is 2.25 bits per heavy atom. The Kier molecular flexibility index (Phi) is 7.52. The maximum atomic E-state index is 7.07. The van der Waals surface area contributed by atoms with Gasteiger partial charge in [0.05, 0.1) is 11.5 Å². The fraction of sp³-hybridized carbons (Fsp3) is 0.132. The van der Waals surface area contributed by atoms with Crippen LogP contribution in [-0.4, -0.2) is 6.04 Å². The van der Waals surface area contributed by atoms with Gasteiger partial charge in [0, 0.05) is 33.6 Å². The number of anilines is 1. The first kappa shape index (κ1) is 32.1. The highest BCUT2D eigenvalue weighted by Crippen LogP contribution is 2.59. The van der Waals surface area contributed by atoms with Crippen LogP contribution in [0.3, 0.4) is 0 Å². The number of nitrogens with zero attached hydrogens (tertiary/aromatic N) is 1. The molecular weight excluding hydrogens is 667 g/mol. The third-order valence-electron chi connectivity index (χ3n) is 12.4. The Balaban J connectivity index is 1.18. The summed E-state index contributed by atoms with van der Waals surface area (Å²) in [6.45, 7) is 0. The monoisotopic (exact) mass is 707 g/mol. The zero-order valence-corrected chi connectivity index (χ0v) is 30.7. The van der Waals surface area contributed by atoms with Gasteiger partial charge in [-0.1, -0.05) is 164 Å². The van der Waals surface area contributed by atoms with Crippen molar-refractivity contribution in [2.45, 2.75) is 43.1 Å². The van der Waals surface area contributed by atoms with Crippen molar-refractivity contribution >= 4 is 33.7 Å². The summed E-state index contributed by atoms with van der Waals surface area (Å²) in [5.41, 5.74) is 15.5. The standard InChI is InChI=1S/C53H41NO/c1-4-20-39(21-5-1)53(40-22-6-2-7-23-40)47-29-14-12-27-44(47)51-48(53)35-46(50-45-28-13-15-30-49(45)55-52(50)51)38-19-16-26-42(34-38)54(41-24-8-3-9-25-41)43-32-31-36-17-10-11-18-37(36)33-43/h1-9,11-16,18,20-24,26-35,38,41H,10,17,19,25H2/t38?,41-/m0/s1. The lowest BCUT2D eigenvalue weighted by molar-refractivity contribution is 0.668. The van der Waals surface area contributed by atoms with Gasteiger partial charge in [-0.3, -0.25) is 0 Å². The van der Waals surface area contributed by atoms with Gasteiger partial charge in [0.25, 0.3) is 0 Å². The summed E-state index contributed by atoms with van der Waals surface area (Å²) in [4.78, 5) is 2.57. The van der Waals surface area contributed by atoms with Crippen LogP contribution in [0.2, 0.25) is 0 Å². The smallest absolute Gasteiger partial charge is 0.143 e. The van der Waals surface area contributed by atoms with E-state index >= 15 is 0 Å². The van der Waals surface area contributed by atoms with E-state index in [1.807, 2.05) is 0 Å².